The molecule has 0 radical (unpaired) electrons. The second-order valence-corrected chi connectivity index (χ2v) is 6.83. The Morgan fingerprint density at radius 1 is 1.21 bits per heavy atom. The minimum atomic E-state index is -0.401. The van der Waals surface area contributed by atoms with Crippen LogP contribution >= 0.6 is 11.8 Å². The molecule has 0 aromatic heterocycles. The van der Waals surface area contributed by atoms with Crippen molar-refractivity contribution in [3.8, 4) is 0 Å². The second kappa shape index (κ2) is 7.05. The van der Waals surface area contributed by atoms with Gasteiger partial charge in [-0.3, -0.25) is 9.69 Å². The zero-order valence-corrected chi connectivity index (χ0v) is 13.9. The molecular weight excluding hydrogens is 327 g/mol. The molecule has 0 spiro atoms. The van der Waals surface area contributed by atoms with Crippen LogP contribution in [-0.2, 0) is 4.79 Å². The van der Waals surface area contributed by atoms with Crippen molar-refractivity contribution in [2.24, 2.45) is 0 Å². The van der Waals surface area contributed by atoms with E-state index in [-0.39, 0.29) is 23.1 Å². The van der Waals surface area contributed by atoms with Gasteiger partial charge in [-0.1, -0.05) is 42.1 Å². The summed E-state index contributed by atoms with van der Waals surface area (Å²) in [6.45, 7) is 1.87. The molecule has 124 valence electrons. The molecule has 0 bridgehead atoms. The molecular formula is C18H17FN2O2S. The number of nitrogens with one attached hydrogen (secondary N) is 1. The van der Waals surface area contributed by atoms with Gasteiger partial charge in [0.05, 0.1) is 12.5 Å². The number of nitrogens with zero attached hydrogens (tertiary/aromatic N) is 1. The van der Waals surface area contributed by atoms with Crippen LogP contribution in [0, 0.1) is 5.82 Å². The van der Waals surface area contributed by atoms with E-state index < -0.39 is 6.03 Å². The molecule has 3 rings (SSSR count). The molecule has 2 atom stereocenters. The molecule has 1 saturated heterocycles. The summed E-state index contributed by atoms with van der Waals surface area (Å²) >= 11 is 1.38. The summed E-state index contributed by atoms with van der Waals surface area (Å²) in [6, 6.07) is 15.0. The van der Waals surface area contributed by atoms with Crippen molar-refractivity contribution in [1.82, 2.24) is 10.2 Å². The minimum Gasteiger partial charge on any atom is -0.331 e. The molecule has 1 fully saturated rings. The molecule has 24 heavy (non-hydrogen) atoms. The van der Waals surface area contributed by atoms with Gasteiger partial charge in [0.1, 0.15) is 11.2 Å². The minimum absolute atomic E-state index is 0.191. The fourth-order valence-corrected chi connectivity index (χ4v) is 3.63. The van der Waals surface area contributed by atoms with E-state index >= 15 is 0 Å². The monoisotopic (exact) mass is 344 g/mol. The fraction of sp³-hybridized carbons (Fsp3) is 0.222. The molecule has 1 aliphatic heterocycles. The standard InChI is InChI=1S/C18H17FN2O2S/c1-12(13-5-3-2-4-6-13)20-18(23)21-16(22)11-17(21)24-15-9-7-14(19)8-10-15/h2-10,12,17H,11H2,1H3,(H,20,23)/t12-,17+/m0/s1. The van der Waals surface area contributed by atoms with Crippen molar-refractivity contribution >= 4 is 23.7 Å². The van der Waals surface area contributed by atoms with E-state index in [1.54, 1.807) is 12.1 Å². The van der Waals surface area contributed by atoms with E-state index in [1.807, 2.05) is 37.3 Å². The summed E-state index contributed by atoms with van der Waals surface area (Å²) in [5, 5.41) is 2.59. The van der Waals surface area contributed by atoms with Crippen LogP contribution in [0.25, 0.3) is 0 Å². The first-order valence-corrected chi connectivity index (χ1v) is 8.52. The summed E-state index contributed by atoms with van der Waals surface area (Å²) in [5.74, 6) is -0.511. The summed E-state index contributed by atoms with van der Waals surface area (Å²) in [5.41, 5.74) is 0.974. The van der Waals surface area contributed by atoms with Gasteiger partial charge in [0.25, 0.3) is 0 Å². The Kier molecular flexibility index (Phi) is 4.85. The smallest absolute Gasteiger partial charge is 0.325 e. The Balaban J connectivity index is 1.62. The highest BCUT2D eigenvalue weighted by molar-refractivity contribution is 8.00. The zero-order chi connectivity index (χ0) is 17.1. The lowest BCUT2D eigenvalue weighted by Gasteiger charge is -2.38. The van der Waals surface area contributed by atoms with Crippen LogP contribution in [0.5, 0.6) is 0 Å². The molecule has 0 aliphatic carbocycles. The average molecular weight is 344 g/mol. The molecule has 2 aromatic rings. The number of imide groups is 1. The van der Waals surface area contributed by atoms with Crippen molar-refractivity contribution in [2.75, 3.05) is 0 Å². The number of likely N-dealkylation sites (tertiary alicyclic amines) is 1. The number of β-lactam (4-membered cyclic amide) rings is 1. The fourth-order valence-electron chi connectivity index (χ4n) is 2.48. The van der Waals surface area contributed by atoms with Gasteiger partial charge in [0.2, 0.25) is 5.91 Å². The van der Waals surface area contributed by atoms with E-state index in [0.717, 1.165) is 10.5 Å². The molecule has 1 aliphatic rings. The molecule has 1 heterocycles. The molecule has 1 N–H and O–H groups in total. The van der Waals surface area contributed by atoms with Crippen molar-refractivity contribution in [2.45, 2.75) is 29.7 Å². The molecule has 4 nitrogen and oxygen atoms in total. The number of benzene rings is 2. The molecule has 3 amide bonds. The number of carbonyl (C=O) groups is 2. The molecule has 2 aromatic carbocycles. The van der Waals surface area contributed by atoms with E-state index in [1.165, 1.54) is 28.8 Å². The zero-order valence-electron chi connectivity index (χ0n) is 13.1. The van der Waals surface area contributed by atoms with E-state index in [4.69, 9.17) is 0 Å². The predicted octanol–water partition coefficient (Wildman–Crippen LogP) is 3.95. The number of carbonyl (C=O) groups excluding carboxylic acids is 2. The van der Waals surface area contributed by atoms with Crippen LogP contribution in [0.2, 0.25) is 0 Å². The number of amides is 3. The van der Waals surface area contributed by atoms with Crippen LogP contribution in [0.15, 0.2) is 59.5 Å². The van der Waals surface area contributed by atoms with Crippen molar-refractivity contribution in [3.63, 3.8) is 0 Å². The number of hydrogen-bond acceptors (Lipinski definition) is 3. The van der Waals surface area contributed by atoms with Crippen molar-refractivity contribution in [3.05, 3.63) is 66.0 Å². The molecule has 0 unspecified atom stereocenters. The lowest BCUT2D eigenvalue weighted by Crippen LogP contribution is -2.57. The number of hydrogen-bond donors (Lipinski definition) is 1. The van der Waals surface area contributed by atoms with Gasteiger partial charge in [-0.05, 0) is 36.8 Å². The van der Waals surface area contributed by atoms with E-state index in [2.05, 4.69) is 5.32 Å². The largest absolute Gasteiger partial charge is 0.331 e. The van der Waals surface area contributed by atoms with Crippen LogP contribution in [0.3, 0.4) is 0 Å². The summed E-state index contributed by atoms with van der Waals surface area (Å²) in [4.78, 5) is 26.3. The highest BCUT2D eigenvalue weighted by Gasteiger charge is 2.41. The first-order valence-electron chi connectivity index (χ1n) is 7.64. The Morgan fingerprint density at radius 3 is 2.50 bits per heavy atom. The van der Waals surface area contributed by atoms with E-state index in [0.29, 0.717) is 6.42 Å². The summed E-state index contributed by atoms with van der Waals surface area (Å²) in [7, 11) is 0. The molecule has 0 saturated carbocycles. The topological polar surface area (TPSA) is 49.4 Å². The maximum absolute atomic E-state index is 13.0. The van der Waals surface area contributed by atoms with Crippen LogP contribution in [0.1, 0.15) is 24.9 Å². The maximum Gasteiger partial charge on any atom is 0.325 e. The number of halogens is 1. The van der Waals surface area contributed by atoms with Gasteiger partial charge in [-0.15, -0.1) is 0 Å². The Bertz CT molecular complexity index is 736. The third kappa shape index (κ3) is 3.59. The predicted molar refractivity (Wildman–Crippen MR) is 90.9 cm³/mol. The SMILES string of the molecule is C[C@H](NC(=O)N1C(=O)C[C@H]1Sc1ccc(F)cc1)c1ccccc1. The first kappa shape index (κ1) is 16.5. The number of rotatable bonds is 4. The maximum atomic E-state index is 13.0. The average Bonchev–Trinajstić information content (AvgIpc) is 2.56. The third-order valence-corrected chi connectivity index (χ3v) is 5.04. The normalized spacial score (nSPS) is 18.0. The van der Waals surface area contributed by atoms with Crippen LogP contribution in [0.4, 0.5) is 9.18 Å². The lowest BCUT2D eigenvalue weighted by atomic mass is 10.1. The number of thioether (sulfide) groups is 1. The highest BCUT2D eigenvalue weighted by atomic mass is 32.2. The quantitative estimate of drug-likeness (QED) is 0.855. The van der Waals surface area contributed by atoms with E-state index in [9.17, 15) is 14.0 Å². The van der Waals surface area contributed by atoms with Crippen LogP contribution in [-0.4, -0.2) is 22.2 Å². The summed E-state index contributed by atoms with van der Waals surface area (Å²) < 4.78 is 13.0. The lowest BCUT2D eigenvalue weighted by molar-refractivity contribution is -0.137. The van der Waals surface area contributed by atoms with Gasteiger partial charge in [0.15, 0.2) is 0 Å². The summed E-state index contributed by atoms with van der Waals surface area (Å²) in [6.07, 6.45) is 0.301. The Hall–Kier alpha value is -2.34. The molecule has 6 heteroatoms. The Labute approximate surface area is 144 Å². The second-order valence-electron chi connectivity index (χ2n) is 5.58. The highest BCUT2D eigenvalue weighted by Crippen LogP contribution is 2.35. The van der Waals surface area contributed by atoms with Gasteiger partial charge in [-0.25, -0.2) is 9.18 Å². The van der Waals surface area contributed by atoms with Gasteiger partial charge in [0, 0.05) is 4.90 Å². The first-order chi connectivity index (χ1) is 11.5. The third-order valence-electron chi connectivity index (χ3n) is 3.85. The van der Waals surface area contributed by atoms with Crippen molar-refractivity contribution in [1.29, 1.82) is 0 Å². The number of urea groups is 1. The van der Waals surface area contributed by atoms with Gasteiger partial charge in [-0.2, -0.15) is 0 Å². The van der Waals surface area contributed by atoms with Gasteiger partial charge >= 0.3 is 6.03 Å². The van der Waals surface area contributed by atoms with Gasteiger partial charge < -0.3 is 5.32 Å². The Morgan fingerprint density at radius 2 is 1.88 bits per heavy atom. The van der Waals surface area contributed by atoms with Crippen molar-refractivity contribution < 1.29 is 14.0 Å². The van der Waals surface area contributed by atoms with Crippen LogP contribution < -0.4 is 5.32 Å².